The van der Waals surface area contributed by atoms with E-state index >= 15 is 0 Å². The van der Waals surface area contributed by atoms with E-state index in [0.717, 1.165) is 12.5 Å². The molecular formula is C19H25NO6S. The van der Waals surface area contributed by atoms with Crippen LogP contribution in [0, 0.1) is 6.92 Å². The number of fused-ring (bicyclic) bond motifs is 1. The lowest BCUT2D eigenvalue weighted by Crippen LogP contribution is -2.39. The molecule has 4 atom stereocenters. The highest BCUT2D eigenvalue weighted by atomic mass is 32.1. The minimum Gasteiger partial charge on any atom is -0.479 e. The maximum absolute atomic E-state index is 9.77. The maximum atomic E-state index is 9.77. The average molecular weight is 395 g/mol. The highest BCUT2D eigenvalue weighted by molar-refractivity contribution is 7.17. The summed E-state index contributed by atoms with van der Waals surface area (Å²) in [5, 5.41) is 39.8. The number of thiophene rings is 1. The molecule has 1 aliphatic rings. The molecule has 0 aliphatic carbocycles. The van der Waals surface area contributed by atoms with E-state index in [2.05, 4.69) is 42.7 Å². The second-order valence-corrected chi connectivity index (χ2v) is 7.73. The highest BCUT2D eigenvalue weighted by Gasteiger charge is 2.29. The van der Waals surface area contributed by atoms with Crippen molar-refractivity contribution in [2.75, 3.05) is 6.54 Å². The fraction of sp³-hybridized carbons (Fsp3) is 0.474. The SMILES string of the molecule is Cc1csc2ccc([C@@H]3CCN[C@@H](C)C3)cc12.O=C(O)C(O)C(O)C(=O)O. The molecule has 3 rings (SSSR count). The summed E-state index contributed by atoms with van der Waals surface area (Å²) < 4.78 is 1.42. The fourth-order valence-corrected chi connectivity index (χ4v) is 4.06. The molecule has 0 radical (unpaired) electrons. The standard InChI is InChI=1S/C15H19NS.C4H6O6/c1-10-9-17-15-4-3-12(8-14(10)15)13-5-6-16-11(2)7-13;5-1(3(7)8)2(6)4(9)10/h3-4,8-9,11,13,16H,5-7H2,1-2H3;1-2,5-6H,(H,7,8)(H,9,10)/t11-,13+;/m0./s1. The summed E-state index contributed by atoms with van der Waals surface area (Å²) in [6.45, 7) is 5.67. The van der Waals surface area contributed by atoms with Crippen molar-refractivity contribution >= 4 is 33.4 Å². The Hall–Kier alpha value is -2.00. The number of carbonyl (C=O) groups is 2. The van der Waals surface area contributed by atoms with Crippen LogP contribution in [0.3, 0.4) is 0 Å². The second kappa shape index (κ2) is 9.27. The van der Waals surface area contributed by atoms with Gasteiger partial charge in [0.15, 0.2) is 12.2 Å². The minimum atomic E-state index is -2.27. The molecule has 1 saturated heterocycles. The average Bonchev–Trinajstić information content (AvgIpc) is 3.01. The lowest BCUT2D eigenvalue weighted by atomic mass is 9.86. The number of benzene rings is 1. The molecule has 2 heterocycles. The summed E-state index contributed by atoms with van der Waals surface area (Å²) in [5.74, 6) is -2.79. The Balaban J connectivity index is 0.000000227. The Labute approximate surface area is 161 Å². The lowest BCUT2D eigenvalue weighted by Gasteiger charge is -2.28. The number of carboxylic acid groups (broad SMARTS) is 2. The summed E-state index contributed by atoms with van der Waals surface area (Å²) >= 11 is 1.86. The van der Waals surface area contributed by atoms with Crippen LogP contribution >= 0.6 is 11.3 Å². The first-order chi connectivity index (χ1) is 12.7. The predicted molar refractivity (Wildman–Crippen MR) is 103 cm³/mol. The van der Waals surface area contributed by atoms with Crippen molar-refractivity contribution in [3.8, 4) is 0 Å². The van der Waals surface area contributed by atoms with E-state index in [0.29, 0.717) is 6.04 Å². The number of aryl methyl sites for hydroxylation is 1. The van der Waals surface area contributed by atoms with Crippen LogP contribution in [0.25, 0.3) is 10.1 Å². The Kier molecular flexibility index (Phi) is 7.32. The Morgan fingerprint density at radius 2 is 1.81 bits per heavy atom. The van der Waals surface area contributed by atoms with Gasteiger partial charge in [-0.2, -0.15) is 0 Å². The van der Waals surface area contributed by atoms with Gasteiger partial charge in [-0.25, -0.2) is 9.59 Å². The van der Waals surface area contributed by atoms with Gasteiger partial charge in [-0.15, -0.1) is 11.3 Å². The maximum Gasteiger partial charge on any atom is 0.335 e. The summed E-state index contributed by atoms with van der Waals surface area (Å²) in [6, 6.07) is 7.72. The molecule has 5 N–H and O–H groups in total. The first kappa shape index (κ1) is 21.3. The largest absolute Gasteiger partial charge is 0.479 e. The van der Waals surface area contributed by atoms with Gasteiger partial charge < -0.3 is 25.7 Å². The Morgan fingerprint density at radius 1 is 1.19 bits per heavy atom. The van der Waals surface area contributed by atoms with Gasteiger partial charge in [0.1, 0.15) is 0 Å². The number of aliphatic carboxylic acids is 2. The fourth-order valence-electron chi connectivity index (χ4n) is 3.13. The molecule has 2 aromatic rings. The zero-order valence-electron chi connectivity index (χ0n) is 15.3. The quantitative estimate of drug-likeness (QED) is 0.535. The van der Waals surface area contributed by atoms with E-state index < -0.39 is 24.1 Å². The molecule has 1 aliphatic heterocycles. The van der Waals surface area contributed by atoms with Gasteiger partial charge in [-0.1, -0.05) is 6.07 Å². The van der Waals surface area contributed by atoms with E-state index in [1.54, 1.807) is 0 Å². The van der Waals surface area contributed by atoms with E-state index in [1.807, 2.05) is 11.3 Å². The number of nitrogens with one attached hydrogen (secondary N) is 1. The highest BCUT2D eigenvalue weighted by Crippen LogP contribution is 2.33. The number of carboxylic acids is 2. The summed E-state index contributed by atoms with van der Waals surface area (Å²) in [7, 11) is 0. The third kappa shape index (κ3) is 5.49. The molecular weight excluding hydrogens is 370 g/mol. The number of aliphatic hydroxyl groups is 2. The number of hydrogen-bond acceptors (Lipinski definition) is 6. The van der Waals surface area contributed by atoms with Crippen molar-refractivity contribution in [2.24, 2.45) is 0 Å². The van der Waals surface area contributed by atoms with Crippen LogP contribution in [0.15, 0.2) is 23.6 Å². The van der Waals surface area contributed by atoms with Crippen LogP contribution in [-0.4, -0.2) is 57.2 Å². The number of piperidine rings is 1. The molecule has 8 heteroatoms. The lowest BCUT2D eigenvalue weighted by molar-refractivity contribution is -0.165. The minimum absolute atomic E-state index is 0.660. The van der Waals surface area contributed by atoms with Crippen molar-refractivity contribution in [1.82, 2.24) is 5.32 Å². The molecule has 7 nitrogen and oxygen atoms in total. The van der Waals surface area contributed by atoms with Gasteiger partial charge >= 0.3 is 11.9 Å². The molecule has 0 bridgehead atoms. The first-order valence-corrected chi connectivity index (χ1v) is 9.61. The number of rotatable bonds is 4. The van der Waals surface area contributed by atoms with E-state index in [1.165, 1.54) is 34.1 Å². The zero-order valence-corrected chi connectivity index (χ0v) is 16.1. The van der Waals surface area contributed by atoms with Crippen LogP contribution in [0.5, 0.6) is 0 Å². The Morgan fingerprint density at radius 3 is 2.37 bits per heavy atom. The zero-order chi connectivity index (χ0) is 20.1. The molecule has 2 unspecified atom stereocenters. The Bertz CT molecular complexity index is 787. The molecule has 148 valence electrons. The van der Waals surface area contributed by atoms with Gasteiger partial charge in [-0.3, -0.25) is 0 Å². The van der Waals surface area contributed by atoms with Crippen LogP contribution in [0.2, 0.25) is 0 Å². The molecule has 0 saturated carbocycles. The van der Waals surface area contributed by atoms with Gasteiger partial charge in [0.25, 0.3) is 0 Å². The van der Waals surface area contributed by atoms with E-state index in [4.69, 9.17) is 20.4 Å². The van der Waals surface area contributed by atoms with Gasteiger partial charge in [0.2, 0.25) is 0 Å². The predicted octanol–water partition coefficient (Wildman–Crippen LogP) is 1.94. The second-order valence-electron chi connectivity index (χ2n) is 6.82. The van der Waals surface area contributed by atoms with E-state index in [9.17, 15) is 9.59 Å². The van der Waals surface area contributed by atoms with Gasteiger partial charge in [0.05, 0.1) is 0 Å². The van der Waals surface area contributed by atoms with Crippen molar-refractivity contribution in [2.45, 2.75) is 50.9 Å². The van der Waals surface area contributed by atoms with Crippen molar-refractivity contribution in [3.63, 3.8) is 0 Å². The van der Waals surface area contributed by atoms with E-state index in [-0.39, 0.29) is 0 Å². The van der Waals surface area contributed by atoms with Gasteiger partial charge in [0, 0.05) is 10.7 Å². The summed E-state index contributed by atoms with van der Waals surface area (Å²) in [5.41, 5.74) is 2.96. The molecule has 0 amide bonds. The van der Waals surface area contributed by atoms with Crippen molar-refractivity contribution in [3.05, 3.63) is 34.7 Å². The van der Waals surface area contributed by atoms with Crippen LogP contribution in [0.1, 0.15) is 36.8 Å². The normalized spacial score (nSPS) is 21.8. The van der Waals surface area contributed by atoms with Crippen LogP contribution in [-0.2, 0) is 9.59 Å². The first-order valence-electron chi connectivity index (χ1n) is 8.73. The number of hydrogen-bond donors (Lipinski definition) is 5. The monoisotopic (exact) mass is 395 g/mol. The third-order valence-electron chi connectivity index (χ3n) is 4.69. The van der Waals surface area contributed by atoms with Crippen LogP contribution < -0.4 is 5.32 Å². The summed E-state index contributed by atoms with van der Waals surface area (Å²) in [4.78, 5) is 19.5. The third-order valence-corrected chi connectivity index (χ3v) is 5.77. The summed E-state index contributed by atoms with van der Waals surface area (Å²) in [6.07, 6.45) is -1.98. The molecule has 0 spiro atoms. The van der Waals surface area contributed by atoms with Crippen molar-refractivity contribution < 1.29 is 30.0 Å². The topological polar surface area (TPSA) is 127 Å². The van der Waals surface area contributed by atoms with Crippen molar-refractivity contribution in [1.29, 1.82) is 0 Å². The molecule has 1 aromatic heterocycles. The molecule has 27 heavy (non-hydrogen) atoms. The van der Waals surface area contributed by atoms with Crippen LogP contribution in [0.4, 0.5) is 0 Å². The number of aliphatic hydroxyl groups excluding tert-OH is 2. The van der Waals surface area contributed by atoms with Gasteiger partial charge in [-0.05, 0) is 73.2 Å². The molecule has 1 fully saturated rings. The molecule has 1 aromatic carbocycles. The smallest absolute Gasteiger partial charge is 0.335 e.